The van der Waals surface area contributed by atoms with Crippen LogP contribution in [-0.4, -0.2) is 207 Å². The highest BCUT2D eigenvalue weighted by atomic mass is 33.1. The molecular weight excluding hydrogens is 1170 g/mol. The Kier molecular flexibility index (Phi) is 43.3. The lowest BCUT2D eigenvalue weighted by Crippen LogP contribution is -2.54. The highest BCUT2D eigenvalue weighted by Gasteiger charge is 2.32. The standard InChI is InChI=1S/C63H108N10O9S4/c1-9-17-25-50(13-5)38-70(42-55(64)76)61(80)43-68(33-35-83-85-56-29-21-23-31-65-56)60(79)46-72(40-52(15-7)27-19-11-3)63(82)47-73(41-53(16-8)28-20-12-4)62(81)44-69(34-36-84-86-57-30-22-24-32-66-57)59(78)45-71(39-51(14-6)26-18-10-2)58(77)37-67-54(48-74)49-75/h21-24,29-32,50-54,67,74-75H,9-20,25-28,33-49H2,1-8H3,(H2,64,76). The maximum Gasteiger partial charge on any atom is 0.242 e. The van der Waals surface area contributed by atoms with Gasteiger partial charge in [0.2, 0.25) is 41.4 Å². The number of pyridine rings is 2. The van der Waals surface area contributed by atoms with Gasteiger partial charge in [-0.05, 0) is 95.2 Å². The molecule has 0 saturated heterocycles. The number of rotatable bonds is 51. The summed E-state index contributed by atoms with van der Waals surface area (Å²) in [5.74, 6) is -2.05. The Labute approximate surface area is 532 Å². The van der Waals surface area contributed by atoms with E-state index in [0.717, 1.165) is 113 Å². The number of nitrogens with two attached hydrogens (primary N) is 1. The van der Waals surface area contributed by atoms with Gasteiger partial charge in [0.25, 0.3) is 0 Å². The summed E-state index contributed by atoms with van der Waals surface area (Å²) in [7, 11) is 5.87. The van der Waals surface area contributed by atoms with Crippen molar-refractivity contribution in [2.45, 2.75) is 174 Å². The Balaban J connectivity index is 2.71. The second-order valence-corrected chi connectivity index (χ2v) is 27.3. The summed E-state index contributed by atoms with van der Waals surface area (Å²) in [5, 5.41) is 24.0. The van der Waals surface area contributed by atoms with E-state index in [-0.39, 0.29) is 115 Å². The number of unbranched alkanes of at least 4 members (excludes halogenated alkanes) is 4. The van der Waals surface area contributed by atoms with Gasteiger partial charge in [0.05, 0.1) is 65.1 Å². The van der Waals surface area contributed by atoms with E-state index in [4.69, 9.17) is 5.73 Å². The molecule has 7 amide bonds. The summed E-state index contributed by atoms with van der Waals surface area (Å²) in [6, 6.07) is 10.5. The zero-order valence-corrected chi connectivity index (χ0v) is 56.6. The Morgan fingerprint density at radius 2 is 0.779 bits per heavy atom. The SMILES string of the molecule is CCCCC(CC)CN(CC(N)=O)C(=O)CN(CCSSc1ccccn1)C(=O)CN(CC(CC)CCCC)C(=O)CN(CC(CC)CCCC)C(=O)CN(CCSSc1ccccn1)C(=O)CN(CC(CC)CCCC)C(=O)CNC(CO)CO. The lowest BCUT2D eigenvalue weighted by Gasteiger charge is -2.35. The summed E-state index contributed by atoms with van der Waals surface area (Å²) in [6.07, 6.45) is 17.4. The molecule has 2 aromatic rings. The first-order valence-electron chi connectivity index (χ1n) is 31.8. The van der Waals surface area contributed by atoms with Gasteiger partial charge in [-0.1, -0.05) is 166 Å². The average molecular weight is 1280 g/mol. The van der Waals surface area contributed by atoms with Crippen molar-refractivity contribution in [2.24, 2.45) is 29.4 Å². The molecule has 5 N–H and O–H groups in total. The Morgan fingerprint density at radius 1 is 0.465 bits per heavy atom. The van der Waals surface area contributed by atoms with Gasteiger partial charge >= 0.3 is 0 Å². The van der Waals surface area contributed by atoms with Crippen LogP contribution in [0, 0.1) is 23.7 Å². The van der Waals surface area contributed by atoms with Crippen molar-refractivity contribution in [2.75, 3.05) is 110 Å². The number of aliphatic hydroxyl groups is 2. The molecule has 0 bridgehead atoms. The number of nitrogens with zero attached hydrogens (tertiary/aromatic N) is 8. The lowest BCUT2D eigenvalue weighted by molar-refractivity contribution is -0.148. The molecule has 23 heteroatoms. The number of nitrogens with one attached hydrogen (secondary N) is 1. The van der Waals surface area contributed by atoms with Crippen LogP contribution in [0.5, 0.6) is 0 Å². The summed E-state index contributed by atoms with van der Waals surface area (Å²) in [4.78, 5) is 119. The molecular formula is C63H108N10O9S4. The Morgan fingerprint density at radius 3 is 1.07 bits per heavy atom. The normalized spacial score (nSPS) is 12.7. The summed E-state index contributed by atoms with van der Waals surface area (Å²) < 4.78 is 0. The number of hydrogen-bond donors (Lipinski definition) is 4. The largest absolute Gasteiger partial charge is 0.395 e. The number of primary amides is 1. The highest BCUT2D eigenvalue weighted by molar-refractivity contribution is 8.77. The highest BCUT2D eigenvalue weighted by Crippen LogP contribution is 2.30. The number of carbonyl (C=O) groups excluding carboxylic acids is 7. The van der Waals surface area contributed by atoms with Crippen LogP contribution in [0.25, 0.3) is 0 Å². The van der Waals surface area contributed by atoms with Crippen molar-refractivity contribution in [3.05, 3.63) is 48.8 Å². The second-order valence-electron chi connectivity index (χ2n) is 22.4. The van der Waals surface area contributed by atoms with Gasteiger partial charge in [0, 0.05) is 63.2 Å². The van der Waals surface area contributed by atoms with Crippen LogP contribution >= 0.6 is 43.2 Å². The van der Waals surface area contributed by atoms with Crippen molar-refractivity contribution >= 4 is 84.5 Å². The molecule has 86 heavy (non-hydrogen) atoms. The van der Waals surface area contributed by atoms with E-state index in [1.165, 1.54) is 62.8 Å². The molecule has 488 valence electrons. The van der Waals surface area contributed by atoms with E-state index < -0.39 is 41.5 Å². The van der Waals surface area contributed by atoms with Crippen molar-refractivity contribution in [1.82, 2.24) is 44.7 Å². The first kappa shape index (κ1) is 78.0. The molecule has 0 aromatic carbocycles. The predicted molar refractivity (Wildman–Crippen MR) is 353 cm³/mol. The van der Waals surface area contributed by atoms with E-state index in [9.17, 15) is 29.4 Å². The number of amides is 7. The van der Waals surface area contributed by atoms with Crippen LogP contribution < -0.4 is 11.1 Å². The first-order chi connectivity index (χ1) is 41.5. The number of carbonyl (C=O) groups is 7. The van der Waals surface area contributed by atoms with E-state index in [0.29, 0.717) is 24.6 Å². The van der Waals surface area contributed by atoms with Gasteiger partial charge in [0.1, 0.15) is 10.1 Å². The van der Waals surface area contributed by atoms with Crippen LogP contribution in [0.3, 0.4) is 0 Å². The topological polar surface area (TPSA) is 243 Å². The molecule has 0 saturated carbocycles. The Hall–Kier alpha value is -4.13. The molecule has 2 rings (SSSR count). The fraction of sp³-hybridized carbons (Fsp3) is 0.730. The molecule has 0 fully saturated rings. The quantitative estimate of drug-likeness (QED) is 0.0357. The van der Waals surface area contributed by atoms with Crippen LogP contribution in [0.4, 0.5) is 0 Å². The zero-order valence-electron chi connectivity index (χ0n) is 53.4. The fourth-order valence-electron chi connectivity index (χ4n) is 9.84. The number of aromatic nitrogens is 2. The fourth-order valence-corrected chi connectivity index (χ4v) is 13.6. The smallest absolute Gasteiger partial charge is 0.242 e. The maximum absolute atomic E-state index is 15.3. The van der Waals surface area contributed by atoms with Crippen LogP contribution in [0.15, 0.2) is 58.8 Å². The molecule has 2 aromatic heterocycles. The van der Waals surface area contributed by atoms with Gasteiger partial charge in [0.15, 0.2) is 0 Å². The second kappa shape index (κ2) is 47.8. The molecule has 0 aliphatic rings. The molecule has 4 atom stereocenters. The third kappa shape index (κ3) is 32.9. The summed E-state index contributed by atoms with van der Waals surface area (Å²) in [6.45, 7) is 15.1. The predicted octanol–water partition coefficient (Wildman–Crippen LogP) is 8.92. The third-order valence-corrected chi connectivity index (χ3v) is 20.1. The van der Waals surface area contributed by atoms with Crippen molar-refractivity contribution < 1.29 is 43.8 Å². The summed E-state index contributed by atoms with van der Waals surface area (Å²) >= 11 is 0. The monoisotopic (exact) mass is 1280 g/mol. The van der Waals surface area contributed by atoms with Gasteiger partial charge in [-0.25, -0.2) is 9.97 Å². The average Bonchev–Trinajstić information content (AvgIpc) is 3.39. The number of hydrogen-bond acceptors (Lipinski definition) is 16. The van der Waals surface area contributed by atoms with Crippen LogP contribution in [0.2, 0.25) is 0 Å². The molecule has 0 aliphatic heterocycles. The van der Waals surface area contributed by atoms with Gasteiger partial charge in [-0.15, -0.1) is 0 Å². The molecule has 4 unspecified atom stereocenters. The molecule has 2 heterocycles. The molecule has 0 radical (unpaired) electrons. The van der Waals surface area contributed by atoms with Crippen LogP contribution in [-0.2, 0) is 33.6 Å². The van der Waals surface area contributed by atoms with E-state index in [1.54, 1.807) is 22.2 Å². The van der Waals surface area contributed by atoms with Crippen molar-refractivity contribution in [3.8, 4) is 0 Å². The van der Waals surface area contributed by atoms with Gasteiger partial charge in [-0.2, -0.15) is 0 Å². The van der Waals surface area contributed by atoms with Crippen molar-refractivity contribution in [3.63, 3.8) is 0 Å². The van der Waals surface area contributed by atoms with Gasteiger partial charge < -0.3 is 50.7 Å². The zero-order chi connectivity index (χ0) is 63.5. The Bertz CT molecular complexity index is 2190. The summed E-state index contributed by atoms with van der Waals surface area (Å²) in [5.41, 5.74) is 5.74. The maximum atomic E-state index is 15.3. The van der Waals surface area contributed by atoms with Crippen LogP contribution in [0.1, 0.15) is 158 Å². The number of aliphatic hydroxyl groups excluding tert-OH is 2. The minimum atomic E-state index is -0.726. The molecule has 0 aliphatic carbocycles. The minimum absolute atomic E-state index is 0.0289. The first-order valence-corrected chi connectivity index (χ1v) is 36.5. The molecule has 19 nitrogen and oxygen atoms in total. The van der Waals surface area contributed by atoms with Gasteiger partial charge in [-0.3, -0.25) is 33.6 Å². The minimum Gasteiger partial charge on any atom is -0.395 e. The van der Waals surface area contributed by atoms with E-state index in [1.807, 2.05) is 36.4 Å². The van der Waals surface area contributed by atoms with E-state index in [2.05, 4.69) is 70.7 Å². The third-order valence-electron chi connectivity index (χ3n) is 15.6. The molecule has 0 spiro atoms. The van der Waals surface area contributed by atoms with Crippen molar-refractivity contribution in [1.29, 1.82) is 0 Å². The van der Waals surface area contributed by atoms with E-state index >= 15 is 14.4 Å². The lowest BCUT2D eigenvalue weighted by atomic mass is 9.98.